The van der Waals surface area contributed by atoms with E-state index >= 15 is 0 Å². The van der Waals surface area contributed by atoms with Crippen molar-refractivity contribution in [2.75, 3.05) is 13.1 Å². The minimum atomic E-state index is 0.813. The minimum Gasteiger partial charge on any atom is -0.316 e. The number of hydrogen-bond donors (Lipinski definition) is 1. The molecule has 4 heteroatoms. The molecule has 1 aliphatic rings. The second-order valence-corrected chi connectivity index (χ2v) is 3.48. The van der Waals surface area contributed by atoms with Gasteiger partial charge in [0.25, 0.3) is 0 Å². The van der Waals surface area contributed by atoms with Crippen LogP contribution in [-0.2, 0) is 6.42 Å². The van der Waals surface area contributed by atoms with E-state index in [4.69, 9.17) is 0 Å². The summed E-state index contributed by atoms with van der Waals surface area (Å²) in [5.41, 5.74) is 1.79. The molecule has 0 aromatic carbocycles. The Morgan fingerprint density at radius 2 is 2.60 bits per heavy atom. The highest BCUT2D eigenvalue weighted by Crippen LogP contribution is 2.12. The third-order valence-electron chi connectivity index (χ3n) is 1.73. The lowest BCUT2D eigenvalue weighted by Gasteiger charge is -2.25. The summed E-state index contributed by atoms with van der Waals surface area (Å²) < 4.78 is 0. The van der Waals surface area contributed by atoms with Crippen molar-refractivity contribution >= 4 is 11.3 Å². The van der Waals surface area contributed by atoms with Crippen molar-refractivity contribution in [3.8, 4) is 0 Å². The maximum absolute atomic E-state index is 3.98. The number of hydrogen-bond acceptors (Lipinski definition) is 4. The van der Waals surface area contributed by atoms with Crippen molar-refractivity contribution in [3.63, 3.8) is 0 Å². The maximum atomic E-state index is 3.98. The van der Waals surface area contributed by atoms with Gasteiger partial charge in [-0.1, -0.05) is 0 Å². The van der Waals surface area contributed by atoms with Gasteiger partial charge in [0.05, 0.1) is 0 Å². The SMILES string of the molecule is c1nnc(CC2CNC2)s1. The van der Waals surface area contributed by atoms with E-state index in [-0.39, 0.29) is 0 Å². The molecule has 0 spiro atoms. The van der Waals surface area contributed by atoms with Crippen molar-refractivity contribution in [2.45, 2.75) is 6.42 Å². The van der Waals surface area contributed by atoms with Crippen LogP contribution in [0.3, 0.4) is 0 Å². The zero-order valence-electron chi connectivity index (χ0n) is 5.58. The van der Waals surface area contributed by atoms with Crippen LogP contribution in [0.15, 0.2) is 5.51 Å². The molecule has 0 unspecified atom stereocenters. The molecule has 1 aliphatic heterocycles. The third-order valence-corrected chi connectivity index (χ3v) is 2.45. The van der Waals surface area contributed by atoms with Crippen LogP contribution in [0.1, 0.15) is 5.01 Å². The van der Waals surface area contributed by atoms with E-state index < -0.39 is 0 Å². The van der Waals surface area contributed by atoms with Gasteiger partial charge in [0, 0.05) is 6.42 Å². The van der Waals surface area contributed by atoms with Gasteiger partial charge < -0.3 is 5.32 Å². The fourth-order valence-electron chi connectivity index (χ4n) is 1.02. The molecule has 1 saturated heterocycles. The maximum Gasteiger partial charge on any atom is 0.117 e. The van der Waals surface area contributed by atoms with Crippen molar-refractivity contribution < 1.29 is 0 Å². The van der Waals surface area contributed by atoms with Crippen LogP contribution in [0.5, 0.6) is 0 Å². The first-order chi connectivity index (χ1) is 4.95. The molecule has 10 heavy (non-hydrogen) atoms. The molecule has 2 rings (SSSR count). The Bertz CT molecular complexity index is 193. The number of aromatic nitrogens is 2. The van der Waals surface area contributed by atoms with E-state index in [1.54, 1.807) is 16.8 Å². The lowest BCUT2D eigenvalue weighted by molar-refractivity contribution is 0.345. The summed E-state index contributed by atoms with van der Waals surface area (Å²) in [5, 5.41) is 12.2. The molecule has 1 aromatic heterocycles. The summed E-state index contributed by atoms with van der Waals surface area (Å²) in [5.74, 6) is 0.813. The highest BCUT2D eigenvalue weighted by atomic mass is 32.1. The molecule has 0 amide bonds. The molecule has 0 atom stereocenters. The molecule has 3 nitrogen and oxygen atoms in total. The van der Waals surface area contributed by atoms with E-state index in [1.807, 2.05) is 0 Å². The molecular formula is C6H9N3S. The third kappa shape index (κ3) is 1.17. The predicted molar refractivity (Wildman–Crippen MR) is 40.0 cm³/mol. The quantitative estimate of drug-likeness (QED) is 0.667. The highest BCUT2D eigenvalue weighted by molar-refractivity contribution is 7.09. The molecule has 0 radical (unpaired) electrons. The summed E-state index contributed by atoms with van der Waals surface area (Å²) in [6, 6.07) is 0. The fourth-order valence-corrected chi connectivity index (χ4v) is 1.67. The zero-order valence-corrected chi connectivity index (χ0v) is 6.40. The second kappa shape index (κ2) is 2.64. The number of rotatable bonds is 2. The van der Waals surface area contributed by atoms with Crippen LogP contribution in [0.4, 0.5) is 0 Å². The molecule has 1 N–H and O–H groups in total. The Labute approximate surface area is 63.5 Å². The Morgan fingerprint density at radius 1 is 1.70 bits per heavy atom. The summed E-state index contributed by atoms with van der Waals surface area (Å²) in [7, 11) is 0. The summed E-state index contributed by atoms with van der Waals surface area (Å²) in [4.78, 5) is 0. The zero-order chi connectivity index (χ0) is 6.81. The lowest BCUT2D eigenvalue weighted by Crippen LogP contribution is -2.43. The largest absolute Gasteiger partial charge is 0.316 e. The second-order valence-electron chi connectivity index (χ2n) is 2.56. The first-order valence-corrected chi connectivity index (χ1v) is 4.29. The molecule has 2 heterocycles. The smallest absolute Gasteiger partial charge is 0.117 e. The molecule has 0 saturated carbocycles. The molecule has 0 bridgehead atoms. The number of nitrogens with zero attached hydrogens (tertiary/aromatic N) is 2. The van der Waals surface area contributed by atoms with E-state index in [2.05, 4.69) is 15.5 Å². The van der Waals surface area contributed by atoms with Crippen LogP contribution in [0.25, 0.3) is 0 Å². The lowest BCUT2D eigenvalue weighted by atomic mass is 10.0. The Hall–Kier alpha value is -0.480. The molecular weight excluding hydrogens is 146 g/mol. The van der Waals surface area contributed by atoms with Crippen LogP contribution in [0, 0.1) is 5.92 Å². The average Bonchev–Trinajstić information content (AvgIpc) is 2.29. The van der Waals surface area contributed by atoms with Gasteiger partial charge in [0.1, 0.15) is 10.5 Å². The summed E-state index contributed by atoms with van der Waals surface area (Å²) >= 11 is 1.65. The first kappa shape index (κ1) is 6.24. The van der Waals surface area contributed by atoms with Crippen molar-refractivity contribution in [2.24, 2.45) is 5.92 Å². The topological polar surface area (TPSA) is 37.8 Å². The van der Waals surface area contributed by atoms with Gasteiger partial charge in [-0.15, -0.1) is 21.5 Å². The molecule has 1 fully saturated rings. The van der Waals surface area contributed by atoms with E-state index in [0.29, 0.717) is 0 Å². The van der Waals surface area contributed by atoms with Crippen molar-refractivity contribution in [1.82, 2.24) is 15.5 Å². The molecule has 0 aliphatic carbocycles. The van der Waals surface area contributed by atoms with Crippen molar-refractivity contribution in [1.29, 1.82) is 0 Å². The molecule has 54 valence electrons. The van der Waals surface area contributed by atoms with Gasteiger partial charge in [0.15, 0.2) is 0 Å². The Kier molecular flexibility index (Phi) is 1.65. The van der Waals surface area contributed by atoms with Crippen LogP contribution < -0.4 is 5.32 Å². The van der Waals surface area contributed by atoms with E-state index in [9.17, 15) is 0 Å². The summed E-state index contributed by atoms with van der Waals surface area (Å²) in [6.07, 6.45) is 1.11. The Balaban J connectivity index is 1.90. The monoisotopic (exact) mass is 155 g/mol. The highest BCUT2D eigenvalue weighted by Gasteiger charge is 2.17. The van der Waals surface area contributed by atoms with E-state index in [0.717, 1.165) is 25.4 Å². The normalized spacial score (nSPS) is 18.8. The average molecular weight is 155 g/mol. The van der Waals surface area contributed by atoms with Gasteiger partial charge in [-0.3, -0.25) is 0 Å². The van der Waals surface area contributed by atoms with Crippen LogP contribution in [0.2, 0.25) is 0 Å². The van der Waals surface area contributed by atoms with Gasteiger partial charge >= 0.3 is 0 Å². The van der Waals surface area contributed by atoms with Gasteiger partial charge in [0.2, 0.25) is 0 Å². The van der Waals surface area contributed by atoms with Crippen LogP contribution >= 0.6 is 11.3 Å². The standard InChI is InChI=1S/C6H9N3S/c1(5-2-7-3-5)6-9-8-4-10-6/h4-5,7H,1-3H2. The fraction of sp³-hybridized carbons (Fsp3) is 0.667. The predicted octanol–water partition coefficient (Wildman–Crippen LogP) is 0.300. The van der Waals surface area contributed by atoms with Gasteiger partial charge in [-0.2, -0.15) is 0 Å². The van der Waals surface area contributed by atoms with Crippen molar-refractivity contribution in [3.05, 3.63) is 10.5 Å². The summed E-state index contributed by atoms with van der Waals surface area (Å²) in [6.45, 7) is 2.30. The van der Waals surface area contributed by atoms with Gasteiger partial charge in [-0.05, 0) is 19.0 Å². The number of nitrogens with one attached hydrogen (secondary N) is 1. The molecule has 1 aromatic rings. The van der Waals surface area contributed by atoms with Crippen LogP contribution in [-0.4, -0.2) is 23.3 Å². The first-order valence-electron chi connectivity index (χ1n) is 3.41. The van der Waals surface area contributed by atoms with Gasteiger partial charge in [-0.25, -0.2) is 0 Å². The minimum absolute atomic E-state index is 0.813. The Morgan fingerprint density at radius 3 is 3.10 bits per heavy atom. The van der Waals surface area contributed by atoms with E-state index in [1.165, 1.54) is 5.01 Å².